The fraction of sp³-hybridized carbons (Fsp3) is 0.500. The molecule has 140 valence electrons. The summed E-state index contributed by atoms with van der Waals surface area (Å²) in [7, 11) is 0. The van der Waals surface area contributed by atoms with Crippen molar-refractivity contribution in [3.05, 3.63) is 41.2 Å². The molecule has 1 aromatic heterocycles. The maximum Gasteiger partial charge on any atom is 0.413 e. The van der Waals surface area contributed by atoms with Gasteiger partial charge in [0.05, 0.1) is 35.8 Å². The van der Waals surface area contributed by atoms with E-state index >= 15 is 0 Å². The topological polar surface area (TPSA) is 69.5 Å². The molecule has 0 aliphatic carbocycles. The molecule has 0 spiro atoms. The van der Waals surface area contributed by atoms with Gasteiger partial charge >= 0.3 is 6.09 Å². The minimum atomic E-state index is -0.778. The Morgan fingerprint density at radius 2 is 2.12 bits per heavy atom. The molecule has 1 aromatic carbocycles. The Bertz CT molecular complexity index is 799. The lowest BCUT2D eigenvalue weighted by Gasteiger charge is -2.35. The molecule has 3 rings (SSSR count). The van der Waals surface area contributed by atoms with E-state index in [9.17, 15) is 4.79 Å². The number of hydrogen-bond acceptors (Lipinski definition) is 5. The van der Waals surface area contributed by atoms with Crippen molar-refractivity contribution in [2.75, 3.05) is 6.61 Å². The van der Waals surface area contributed by atoms with Crippen LogP contribution in [0.25, 0.3) is 5.69 Å². The number of rotatable bonds is 2. The average Bonchev–Trinajstić information content (AvgIpc) is 3.13. The van der Waals surface area contributed by atoms with Crippen molar-refractivity contribution >= 4 is 17.7 Å². The summed E-state index contributed by atoms with van der Waals surface area (Å²) in [5.74, 6) is 0. The molecule has 2 aromatic rings. The van der Waals surface area contributed by atoms with E-state index in [-0.39, 0.29) is 6.04 Å². The summed E-state index contributed by atoms with van der Waals surface area (Å²) < 4.78 is 13.1. The van der Waals surface area contributed by atoms with Crippen molar-refractivity contribution < 1.29 is 14.3 Å². The molecule has 1 fully saturated rings. The van der Waals surface area contributed by atoms with Crippen molar-refractivity contribution in [1.29, 1.82) is 0 Å². The number of aromatic nitrogens is 3. The summed E-state index contributed by atoms with van der Waals surface area (Å²) in [5.41, 5.74) is 0.207. The molecule has 0 bridgehead atoms. The summed E-state index contributed by atoms with van der Waals surface area (Å²) in [5, 5.41) is 8.35. The van der Waals surface area contributed by atoms with Crippen LogP contribution >= 0.6 is 11.6 Å². The third-order valence-corrected chi connectivity index (χ3v) is 4.42. The van der Waals surface area contributed by atoms with Gasteiger partial charge in [0.1, 0.15) is 11.3 Å². The van der Waals surface area contributed by atoms with Gasteiger partial charge in [-0.1, -0.05) is 22.9 Å². The molecule has 0 radical (unpaired) electrons. The van der Waals surface area contributed by atoms with E-state index in [0.717, 1.165) is 5.56 Å². The summed E-state index contributed by atoms with van der Waals surface area (Å²) in [6, 6.07) is 5.27. The minimum Gasteiger partial charge on any atom is -0.444 e. The molecule has 7 nitrogen and oxygen atoms in total. The Kier molecular flexibility index (Phi) is 4.71. The number of ether oxygens (including phenoxy) is 2. The molecule has 1 amide bonds. The average molecular weight is 379 g/mol. The molecule has 0 saturated carbocycles. The highest BCUT2D eigenvalue weighted by atomic mass is 35.5. The highest BCUT2D eigenvalue weighted by Gasteiger charge is 2.46. The first-order valence-electron chi connectivity index (χ1n) is 8.41. The van der Waals surface area contributed by atoms with Gasteiger partial charge in [-0.25, -0.2) is 9.48 Å². The van der Waals surface area contributed by atoms with E-state index in [1.165, 1.54) is 0 Å². The van der Waals surface area contributed by atoms with Gasteiger partial charge in [-0.15, -0.1) is 5.10 Å². The van der Waals surface area contributed by atoms with Crippen LogP contribution in [0.15, 0.2) is 30.6 Å². The van der Waals surface area contributed by atoms with Crippen molar-refractivity contribution in [2.24, 2.45) is 0 Å². The second kappa shape index (κ2) is 6.55. The number of hydrogen-bond donors (Lipinski definition) is 0. The lowest BCUT2D eigenvalue weighted by molar-refractivity contribution is -0.0626. The van der Waals surface area contributed by atoms with Crippen LogP contribution in [0.5, 0.6) is 0 Å². The van der Waals surface area contributed by atoms with E-state index in [2.05, 4.69) is 10.3 Å². The van der Waals surface area contributed by atoms with E-state index in [1.54, 1.807) is 28.0 Å². The number of halogens is 1. The third kappa shape index (κ3) is 3.68. The lowest BCUT2D eigenvalue weighted by atomic mass is 10.0. The summed E-state index contributed by atoms with van der Waals surface area (Å²) in [6.45, 7) is 9.60. The van der Waals surface area contributed by atoms with Gasteiger partial charge < -0.3 is 9.47 Å². The molecular weight excluding hydrogens is 356 g/mol. The molecule has 1 aliphatic heterocycles. The van der Waals surface area contributed by atoms with Crippen LogP contribution in [0.4, 0.5) is 4.79 Å². The third-order valence-electron chi connectivity index (χ3n) is 4.10. The van der Waals surface area contributed by atoms with Crippen molar-refractivity contribution in [2.45, 2.75) is 52.0 Å². The van der Waals surface area contributed by atoms with E-state index in [4.69, 9.17) is 21.1 Å². The first-order chi connectivity index (χ1) is 12.1. The predicted octanol–water partition coefficient (Wildman–Crippen LogP) is 3.97. The SMILES string of the molecule is CC(C)(C)OC(=O)N1[C@@H](c2ccc(Cl)c(-n3ccnn3)c2)COC1(C)C. The van der Waals surface area contributed by atoms with Gasteiger partial charge in [0, 0.05) is 0 Å². The molecule has 1 aliphatic rings. The summed E-state index contributed by atoms with van der Waals surface area (Å²) >= 11 is 6.31. The molecular formula is C18H23ClN4O3. The maximum absolute atomic E-state index is 12.8. The number of amides is 1. The monoisotopic (exact) mass is 378 g/mol. The maximum atomic E-state index is 12.8. The molecule has 1 atom stereocenters. The van der Waals surface area contributed by atoms with Gasteiger partial charge in [0.2, 0.25) is 0 Å². The van der Waals surface area contributed by atoms with Crippen LogP contribution in [-0.4, -0.2) is 43.9 Å². The van der Waals surface area contributed by atoms with Crippen LogP contribution in [-0.2, 0) is 9.47 Å². The zero-order chi connectivity index (χ0) is 19.1. The largest absolute Gasteiger partial charge is 0.444 e. The quantitative estimate of drug-likeness (QED) is 0.790. The van der Waals surface area contributed by atoms with E-state index < -0.39 is 17.4 Å². The van der Waals surface area contributed by atoms with Gasteiger partial charge in [-0.3, -0.25) is 4.90 Å². The Labute approximate surface area is 157 Å². The minimum absolute atomic E-state index is 0.292. The predicted molar refractivity (Wildman–Crippen MR) is 97.2 cm³/mol. The van der Waals surface area contributed by atoms with Gasteiger partial charge in [-0.2, -0.15) is 0 Å². The number of nitrogens with zero attached hydrogens (tertiary/aromatic N) is 4. The number of benzene rings is 1. The Morgan fingerprint density at radius 1 is 1.38 bits per heavy atom. The van der Waals surface area contributed by atoms with Crippen LogP contribution in [0, 0.1) is 0 Å². The molecule has 1 saturated heterocycles. The van der Waals surface area contributed by atoms with Crippen molar-refractivity contribution in [1.82, 2.24) is 19.9 Å². The highest BCUT2D eigenvalue weighted by molar-refractivity contribution is 6.32. The number of carbonyl (C=O) groups excluding carboxylic acids is 1. The normalized spacial score (nSPS) is 19.6. The van der Waals surface area contributed by atoms with E-state index in [1.807, 2.05) is 46.8 Å². The molecule has 0 N–H and O–H groups in total. The second-order valence-electron chi connectivity index (χ2n) is 7.68. The Morgan fingerprint density at radius 3 is 2.73 bits per heavy atom. The van der Waals surface area contributed by atoms with E-state index in [0.29, 0.717) is 17.3 Å². The zero-order valence-corrected chi connectivity index (χ0v) is 16.3. The highest BCUT2D eigenvalue weighted by Crippen LogP contribution is 2.39. The van der Waals surface area contributed by atoms with Crippen molar-refractivity contribution in [3.63, 3.8) is 0 Å². The van der Waals surface area contributed by atoms with Crippen LogP contribution in [0.1, 0.15) is 46.2 Å². The molecule has 0 unspecified atom stereocenters. The van der Waals surface area contributed by atoms with Crippen molar-refractivity contribution in [3.8, 4) is 5.69 Å². The van der Waals surface area contributed by atoms with Crippen LogP contribution in [0.3, 0.4) is 0 Å². The smallest absolute Gasteiger partial charge is 0.413 e. The fourth-order valence-corrected chi connectivity index (χ4v) is 3.16. The lowest BCUT2D eigenvalue weighted by Crippen LogP contribution is -2.47. The van der Waals surface area contributed by atoms with Gasteiger partial charge in [0.25, 0.3) is 0 Å². The number of carbonyl (C=O) groups is 1. The molecule has 2 heterocycles. The zero-order valence-electron chi connectivity index (χ0n) is 15.6. The standard InChI is InChI=1S/C18H23ClN4O3/c1-17(2,3)26-16(24)23-15(11-25-18(23,4)5)12-6-7-13(19)14(10-12)22-9-8-20-21-22/h6-10,15H,11H2,1-5H3/t15-/m1/s1. The van der Waals surface area contributed by atoms with Crippen LogP contribution in [0.2, 0.25) is 5.02 Å². The Balaban J connectivity index is 1.97. The summed E-state index contributed by atoms with van der Waals surface area (Å²) in [6.07, 6.45) is 2.88. The summed E-state index contributed by atoms with van der Waals surface area (Å²) in [4.78, 5) is 14.4. The first kappa shape index (κ1) is 18.7. The molecule has 8 heteroatoms. The van der Waals surface area contributed by atoms with Crippen LogP contribution < -0.4 is 0 Å². The second-order valence-corrected chi connectivity index (χ2v) is 8.09. The van der Waals surface area contributed by atoms with Gasteiger partial charge in [0.15, 0.2) is 0 Å². The first-order valence-corrected chi connectivity index (χ1v) is 8.79. The van der Waals surface area contributed by atoms with Gasteiger partial charge in [-0.05, 0) is 52.3 Å². The fourth-order valence-electron chi connectivity index (χ4n) is 2.95. The molecule has 26 heavy (non-hydrogen) atoms. The Hall–Kier alpha value is -2.12.